The van der Waals surface area contributed by atoms with Gasteiger partial charge in [0, 0.05) is 11.5 Å². The van der Waals surface area contributed by atoms with E-state index in [1.807, 2.05) is 36.4 Å². The minimum atomic E-state index is -3.62. The minimum Gasteiger partial charge on any atom is -0.548 e. The van der Waals surface area contributed by atoms with Crippen LogP contribution >= 0.6 is 0 Å². The first-order valence-electron chi connectivity index (χ1n) is 10.4. The molecule has 0 bridgehead atoms. The Kier molecular flexibility index (Phi) is 7.56. The Bertz CT molecular complexity index is 1080. The second-order valence-corrected chi connectivity index (χ2v) is 14.9. The van der Waals surface area contributed by atoms with Gasteiger partial charge < -0.3 is 9.16 Å². The van der Waals surface area contributed by atoms with E-state index in [0.717, 1.165) is 10.4 Å². The van der Waals surface area contributed by atoms with Crippen LogP contribution in [-0.4, -0.2) is 29.4 Å². The number of benzene rings is 3. The zero-order valence-corrected chi connectivity index (χ0v) is 20.8. The Morgan fingerprint density at radius 2 is 1.28 bits per heavy atom. The van der Waals surface area contributed by atoms with Crippen molar-refractivity contribution in [3.05, 3.63) is 96.4 Å². The fourth-order valence-electron chi connectivity index (χ4n) is 4.12. The summed E-state index contributed by atoms with van der Waals surface area (Å²) in [6, 6.07) is 29.0. The van der Waals surface area contributed by atoms with Gasteiger partial charge in [-0.1, -0.05) is 99.6 Å². The summed E-state index contributed by atoms with van der Waals surface area (Å²) >= 11 is 0. The fraction of sp³-hybridized carbons (Fsp3) is 0.240. The summed E-state index contributed by atoms with van der Waals surface area (Å²) in [4.78, 5) is 0.248. The van der Waals surface area contributed by atoms with Crippen LogP contribution in [0.5, 0.6) is 0 Å². The molecular formula is C25H27LiO4SSi. The molecule has 1 heterocycles. The van der Waals surface area contributed by atoms with Gasteiger partial charge >= 0.3 is 18.9 Å². The van der Waals surface area contributed by atoms with Gasteiger partial charge in [0.05, 0.1) is 9.84 Å². The molecule has 0 radical (unpaired) electrons. The molecule has 1 aliphatic heterocycles. The van der Waals surface area contributed by atoms with E-state index in [1.165, 1.54) is 0 Å². The Balaban J connectivity index is 0.00000289. The summed E-state index contributed by atoms with van der Waals surface area (Å²) in [7, 11) is -6.35. The van der Waals surface area contributed by atoms with Gasteiger partial charge in [-0.2, -0.15) is 0 Å². The van der Waals surface area contributed by atoms with Crippen LogP contribution in [-0.2, 0) is 19.0 Å². The Labute approximate surface area is 204 Å². The Hall–Kier alpha value is -1.66. The zero-order chi connectivity index (χ0) is 22.1. The van der Waals surface area contributed by atoms with Crippen molar-refractivity contribution in [2.45, 2.75) is 36.8 Å². The molecule has 1 atom stereocenters. The molecule has 1 saturated heterocycles. The van der Waals surface area contributed by atoms with E-state index in [0.29, 0.717) is 0 Å². The standard InChI is InChI=1S/C25H27O4SSi.Li/c1-25(2,3)31(21-15-9-5-10-16-21,22-17-11-6-12-18-22)28-19-23-24(29-23)30(26,27)20-13-7-4-8-14-20;/h4-18,23H,19H2,1-3H3;/q-1;+1/t23-;/m0./s1. The predicted molar refractivity (Wildman–Crippen MR) is 125 cm³/mol. The van der Waals surface area contributed by atoms with Crippen molar-refractivity contribution >= 4 is 28.5 Å². The summed E-state index contributed by atoms with van der Waals surface area (Å²) in [5.74, 6) is 0. The summed E-state index contributed by atoms with van der Waals surface area (Å²) in [5.41, 5.74) is 0.0941. The monoisotopic (exact) mass is 458 g/mol. The van der Waals surface area contributed by atoms with Crippen LogP contribution in [0.2, 0.25) is 5.04 Å². The number of hydrogen-bond acceptors (Lipinski definition) is 4. The SMILES string of the molecule is CC(C)(C)[Si](OC[C@@H]1O[C-]1S(=O)(=O)c1ccccc1)(c1ccccc1)c1ccccc1.[Li+]. The fourth-order valence-corrected chi connectivity index (χ4v) is 10.1. The molecule has 3 aromatic carbocycles. The summed E-state index contributed by atoms with van der Waals surface area (Å²) in [6.45, 7) is 6.78. The molecule has 0 aromatic heterocycles. The molecule has 7 heteroatoms. The molecule has 4 rings (SSSR count). The molecule has 3 aromatic rings. The molecule has 32 heavy (non-hydrogen) atoms. The van der Waals surface area contributed by atoms with Crippen LogP contribution in [0, 0.1) is 5.44 Å². The van der Waals surface area contributed by atoms with Crippen molar-refractivity contribution in [3.63, 3.8) is 0 Å². The second kappa shape index (κ2) is 9.68. The van der Waals surface area contributed by atoms with E-state index >= 15 is 0 Å². The van der Waals surface area contributed by atoms with Gasteiger partial charge in [0.15, 0.2) is 0 Å². The van der Waals surface area contributed by atoms with E-state index in [1.54, 1.807) is 30.3 Å². The smallest absolute Gasteiger partial charge is 0.548 e. The van der Waals surface area contributed by atoms with Gasteiger partial charge in [-0.05, 0) is 39.1 Å². The molecule has 1 aliphatic rings. The normalized spacial score (nSPS) is 16.9. The molecule has 1 fully saturated rings. The van der Waals surface area contributed by atoms with E-state index < -0.39 is 24.3 Å². The molecule has 0 unspecified atom stereocenters. The Morgan fingerprint density at radius 1 is 0.844 bits per heavy atom. The summed E-state index contributed by atoms with van der Waals surface area (Å²) in [5, 5.41) is 2.13. The number of sulfone groups is 1. The molecule has 0 N–H and O–H groups in total. The average Bonchev–Trinajstić information content (AvgIpc) is 3.56. The summed E-state index contributed by atoms with van der Waals surface area (Å²) < 4.78 is 38.0. The minimum absolute atomic E-state index is 0. The van der Waals surface area contributed by atoms with Crippen LogP contribution in [0.25, 0.3) is 0 Å². The van der Waals surface area contributed by atoms with Crippen LogP contribution in [0.3, 0.4) is 0 Å². The van der Waals surface area contributed by atoms with E-state index in [4.69, 9.17) is 9.16 Å². The second-order valence-electron chi connectivity index (χ2n) is 8.72. The average molecular weight is 459 g/mol. The number of epoxide rings is 1. The van der Waals surface area contributed by atoms with Gasteiger partial charge in [-0.15, -0.1) is 0 Å². The van der Waals surface area contributed by atoms with E-state index in [2.05, 4.69) is 45.0 Å². The maximum absolute atomic E-state index is 12.9. The van der Waals surface area contributed by atoms with Gasteiger partial charge in [-0.3, -0.25) is 8.42 Å². The van der Waals surface area contributed by atoms with Gasteiger partial charge in [0.2, 0.25) is 0 Å². The van der Waals surface area contributed by atoms with E-state index in [-0.39, 0.29) is 40.8 Å². The topological polar surface area (TPSA) is 55.9 Å². The third-order valence-electron chi connectivity index (χ3n) is 5.65. The number of rotatable bonds is 7. The summed E-state index contributed by atoms with van der Waals surface area (Å²) in [6.07, 6.45) is -0.549. The quantitative estimate of drug-likeness (QED) is 0.300. The van der Waals surface area contributed by atoms with Crippen molar-refractivity contribution in [1.29, 1.82) is 0 Å². The molecule has 0 amide bonds. The number of hydrogen-bond donors (Lipinski definition) is 0. The van der Waals surface area contributed by atoms with Crippen LogP contribution in [0.15, 0.2) is 95.9 Å². The van der Waals surface area contributed by atoms with Crippen molar-refractivity contribution in [3.8, 4) is 0 Å². The van der Waals surface area contributed by atoms with Crippen molar-refractivity contribution in [2.75, 3.05) is 6.61 Å². The third-order valence-corrected chi connectivity index (χ3v) is 12.4. The number of ether oxygens (including phenoxy) is 1. The van der Waals surface area contributed by atoms with E-state index in [9.17, 15) is 8.42 Å². The first-order valence-corrected chi connectivity index (χ1v) is 13.7. The van der Waals surface area contributed by atoms with Crippen molar-refractivity contribution in [2.24, 2.45) is 0 Å². The first kappa shape index (κ1) is 25.0. The predicted octanol–water partition coefficient (Wildman–Crippen LogP) is 0.929. The van der Waals surface area contributed by atoms with Crippen LogP contribution in [0.1, 0.15) is 20.8 Å². The molecule has 162 valence electrons. The van der Waals surface area contributed by atoms with Crippen LogP contribution in [0.4, 0.5) is 0 Å². The third kappa shape index (κ3) is 4.67. The maximum Gasteiger partial charge on any atom is 1.00 e. The maximum atomic E-state index is 12.9. The molecule has 0 spiro atoms. The van der Waals surface area contributed by atoms with Crippen molar-refractivity contribution in [1.82, 2.24) is 0 Å². The van der Waals surface area contributed by atoms with Gasteiger partial charge in [0.25, 0.3) is 8.32 Å². The van der Waals surface area contributed by atoms with Gasteiger partial charge in [-0.25, -0.2) is 0 Å². The van der Waals surface area contributed by atoms with Crippen molar-refractivity contribution < 1.29 is 36.4 Å². The van der Waals surface area contributed by atoms with Gasteiger partial charge in [0.1, 0.15) is 0 Å². The zero-order valence-electron chi connectivity index (χ0n) is 19.0. The molecule has 0 saturated carbocycles. The molecule has 0 aliphatic carbocycles. The molecule has 4 nitrogen and oxygen atoms in total. The molecular weight excluding hydrogens is 431 g/mol. The largest absolute Gasteiger partial charge is 1.00 e. The van der Waals surface area contributed by atoms with Crippen LogP contribution < -0.4 is 29.2 Å². The Morgan fingerprint density at radius 3 is 1.72 bits per heavy atom. The first-order chi connectivity index (χ1) is 14.8.